The molecule has 2 aliphatic heterocycles. The quantitative estimate of drug-likeness (QED) is 0.532. The molecule has 1 N–H and O–H groups in total. The van der Waals surface area contributed by atoms with Crippen LogP contribution in [0.4, 0.5) is 5.82 Å². The number of piperidine rings is 1. The fraction of sp³-hybridized carbons (Fsp3) is 0.792. The summed E-state index contributed by atoms with van der Waals surface area (Å²) in [5.41, 5.74) is 1.34. The second kappa shape index (κ2) is 13.8. The zero-order chi connectivity index (χ0) is 26.1. The highest BCUT2D eigenvalue weighted by molar-refractivity contribution is 9.10. The first-order chi connectivity index (χ1) is 15.9. The minimum atomic E-state index is -0.894. The molecule has 1 aromatic rings. The van der Waals surface area contributed by atoms with Crippen molar-refractivity contribution in [3.8, 4) is 0 Å². The first kappa shape index (κ1) is 30.9. The number of hydrogen-bond acceptors (Lipinski definition) is 7. The van der Waals surface area contributed by atoms with E-state index in [1.807, 2.05) is 41.5 Å². The number of halogens is 1. The average molecular weight is 564 g/mol. The second-order valence-corrected chi connectivity index (χ2v) is 12.3. The van der Waals surface area contributed by atoms with Gasteiger partial charge in [-0.15, -0.1) is 0 Å². The van der Waals surface area contributed by atoms with Crippen molar-refractivity contribution in [3.63, 3.8) is 0 Å². The highest BCUT2D eigenvalue weighted by Gasteiger charge is 2.44. The fourth-order valence-electron chi connectivity index (χ4n) is 3.91. The molecule has 2 unspecified atom stereocenters. The standard InChI is InChI=1S/C17H24BrN3O3.C5H13NOS.C2H6/c1-4-24-16(22)13-15(19-12(3)14(18)20-13)21-7-5-17(6-8-21)10-23-9-11(17)2;1-5(2,3)8(7)6-4;1-2/h11H,4-10H2,1-3H3;6H,1-4H3;1-2H3. The van der Waals surface area contributed by atoms with Crippen molar-refractivity contribution in [1.29, 1.82) is 0 Å². The summed E-state index contributed by atoms with van der Waals surface area (Å²) in [4.78, 5) is 23.4. The number of hydrogen-bond donors (Lipinski definition) is 1. The molecule has 2 fully saturated rings. The summed E-state index contributed by atoms with van der Waals surface area (Å²) in [6, 6.07) is 0. The lowest BCUT2D eigenvalue weighted by Crippen LogP contribution is -2.44. The topological polar surface area (TPSA) is 93.7 Å². The number of nitrogens with one attached hydrogen (secondary N) is 1. The summed E-state index contributed by atoms with van der Waals surface area (Å²) in [6.45, 7) is 19.5. The number of esters is 1. The zero-order valence-electron chi connectivity index (χ0n) is 22.3. The van der Waals surface area contributed by atoms with Crippen molar-refractivity contribution < 1.29 is 18.5 Å². The van der Waals surface area contributed by atoms with E-state index in [1.165, 1.54) is 0 Å². The van der Waals surface area contributed by atoms with E-state index in [9.17, 15) is 9.00 Å². The van der Waals surface area contributed by atoms with Crippen molar-refractivity contribution in [3.05, 3.63) is 16.0 Å². The average Bonchev–Trinajstić information content (AvgIpc) is 3.16. The van der Waals surface area contributed by atoms with Gasteiger partial charge in [-0.3, -0.25) is 0 Å². The Bertz CT molecular complexity index is 824. The van der Waals surface area contributed by atoms with E-state index in [1.54, 1.807) is 14.0 Å². The smallest absolute Gasteiger partial charge is 0.360 e. The number of rotatable bonds is 4. The van der Waals surface area contributed by atoms with Crippen LogP contribution in [0.2, 0.25) is 0 Å². The summed E-state index contributed by atoms with van der Waals surface area (Å²) < 4.78 is 24.8. The molecule has 2 atom stereocenters. The first-order valence-corrected chi connectivity index (χ1v) is 14.0. The predicted molar refractivity (Wildman–Crippen MR) is 143 cm³/mol. The van der Waals surface area contributed by atoms with Crippen molar-refractivity contribution in [2.24, 2.45) is 11.3 Å². The molecule has 34 heavy (non-hydrogen) atoms. The molecular weight excluding hydrogens is 520 g/mol. The molecule has 1 spiro atoms. The van der Waals surface area contributed by atoms with Crippen LogP contribution in [-0.4, -0.2) is 64.9 Å². The molecule has 0 aliphatic carbocycles. The third-order valence-corrected chi connectivity index (χ3v) is 8.30. The van der Waals surface area contributed by atoms with Gasteiger partial charge in [-0.05, 0) is 76.4 Å². The van der Waals surface area contributed by atoms with Crippen LogP contribution in [0.15, 0.2) is 4.60 Å². The van der Waals surface area contributed by atoms with Gasteiger partial charge < -0.3 is 14.4 Å². The monoisotopic (exact) mass is 562 g/mol. The number of ether oxygens (including phenoxy) is 2. The summed E-state index contributed by atoms with van der Waals surface area (Å²) >= 11 is 3.36. The summed E-state index contributed by atoms with van der Waals surface area (Å²) in [6.07, 6.45) is 2.10. The first-order valence-electron chi connectivity index (χ1n) is 12.1. The molecule has 2 saturated heterocycles. The normalized spacial score (nSPS) is 20.1. The van der Waals surface area contributed by atoms with Gasteiger partial charge in [0.25, 0.3) is 0 Å². The minimum absolute atomic E-state index is 0.130. The van der Waals surface area contributed by atoms with Crippen molar-refractivity contribution in [1.82, 2.24) is 14.7 Å². The molecule has 0 radical (unpaired) electrons. The fourth-order valence-corrected chi connectivity index (χ4v) is 4.79. The minimum Gasteiger partial charge on any atom is -0.461 e. The number of aryl methyl sites for hydroxylation is 1. The number of aromatic nitrogens is 2. The second-order valence-electron chi connectivity index (χ2n) is 9.34. The van der Waals surface area contributed by atoms with Gasteiger partial charge in [0.15, 0.2) is 11.5 Å². The maximum Gasteiger partial charge on any atom is 0.360 e. The van der Waals surface area contributed by atoms with Crippen molar-refractivity contribution in [2.45, 2.75) is 73.0 Å². The van der Waals surface area contributed by atoms with Gasteiger partial charge in [0.05, 0.1) is 34.6 Å². The Balaban J connectivity index is 0.000000493. The van der Waals surface area contributed by atoms with Crippen LogP contribution < -0.4 is 9.62 Å². The summed E-state index contributed by atoms with van der Waals surface area (Å²) in [7, 11) is 0.802. The molecule has 0 aromatic carbocycles. The van der Waals surface area contributed by atoms with Gasteiger partial charge >= 0.3 is 5.97 Å². The third kappa shape index (κ3) is 7.96. The van der Waals surface area contributed by atoms with Crippen molar-refractivity contribution >= 4 is 38.7 Å². The molecule has 0 bridgehead atoms. The Morgan fingerprint density at radius 1 is 1.29 bits per heavy atom. The van der Waals surface area contributed by atoms with Gasteiger partial charge in [-0.1, -0.05) is 20.8 Å². The van der Waals surface area contributed by atoms with Crippen LogP contribution in [-0.2, 0) is 20.5 Å². The van der Waals surface area contributed by atoms with Crippen molar-refractivity contribution in [2.75, 3.05) is 44.9 Å². The molecule has 3 heterocycles. The highest BCUT2D eigenvalue weighted by atomic mass is 79.9. The molecule has 0 saturated carbocycles. The lowest BCUT2D eigenvalue weighted by molar-refractivity contribution is 0.0519. The molecule has 2 aliphatic rings. The van der Waals surface area contributed by atoms with Crippen LogP contribution >= 0.6 is 15.9 Å². The maximum atomic E-state index is 12.3. The molecule has 1 aromatic heterocycles. The van der Waals surface area contributed by atoms with Gasteiger partial charge in [0, 0.05) is 25.1 Å². The summed E-state index contributed by atoms with van der Waals surface area (Å²) in [5, 5.41) is 0. The van der Waals surface area contributed by atoms with Crippen LogP contribution in [0, 0.1) is 18.3 Å². The predicted octanol–water partition coefficient (Wildman–Crippen LogP) is 4.67. The lowest BCUT2D eigenvalue weighted by Gasteiger charge is -2.41. The van der Waals surface area contributed by atoms with Gasteiger partial charge in [-0.25, -0.2) is 23.7 Å². The molecule has 196 valence electrons. The summed E-state index contributed by atoms with van der Waals surface area (Å²) in [5.74, 6) is 0.802. The Morgan fingerprint density at radius 2 is 1.88 bits per heavy atom. The molecule has 3 rings (SSSR count). The van der Waals surface area contributed by atoms with E-state index in [0.29, 0.717) is 28.6 Å². The largest absolute Gasteiger partial charge is 0.461 e. The van der Waals surface area contributed by atoms with Gasteiger partial charge in [0.2, 0.25) is 0 Å². The lowest BCUT2D eigenvalue weighted by atomic mass is 9.72. The van der Waals surface area contributed by atoms with E-state index in [0.717, 1.165) is 44.8 Å². The van der Waals surface area contributed by atoms with E-state index in [4.69, 9.17) is 9.47 Å². The van der Waals surface area contributed by atoms with E-state index in [-0.39, 0.29) is 10.2 Å². The Hall–Kier alpha value is -1.10. The molecule has 8 nitrogen and oxygen atoms in total. The SMILES string of the molecule is CC.CCOC(=O)c1nc(Br)c(C)nc1N1CCC2(CC1)COCC2C.CNS(=O)C(C)(C)C. The van der Waals surface area contributed by atoms with Gasteiger partial charge in [-0.2, -0.15) is 0 Å². The number of anilines is 1. The number of nitrogens with zero attached hydrogens (tertiary/aromatic N) is 3. The zero-order valence-corrected chi connectivity index (χ0v) is 24.7. The number of carbonyl (C=O) groups excluding carboxylic acids is 1. The van der Waals surface area contributed by atoms with Crippen LogP contribution in [0.3, 0.4) is 0 Å². The van der Waals surface area contributed by atoms with Crippen LogP contribution in [0.25, 0.3) is 0 Å². The van der Waals surface area contributed by atoms with Crippen LogP contribution in [0.5, 0.6) is 0 Å². The molecular formula is C24H43BrN4O4S. The van der Waals surface area contributed by atoms with Gasteiger partial charge in [0.1, 0.15) is 4.60 Å². The van der Waals surface area contributed by atoms with E-state index < -0.39 is 17.0 Å². The maximum absolute atomic E-state index is 12.3. The Morgan fingerprint density at radius 3 is 2.29 bits per heavy atom. The Labute approximate surface area is 216 Å². The third-order valence-electron chi connectivity index (χ3n) is 6.07. The molecule has 10 heteroatoms. The molecule has 0 amide bonds. The highest BCUT2D eigenvalue weighted by Crippen LogP contribution is 2.44. The number of carbonyl (C=O) groups is 1. The van der Waals surface area contributed by atoms with E-state index in [2.05, 4.69) is 42.4 Å². The van der Waals surface area contributed by atoms with E-state index >= 15 is 0 Å². The Kier molecular flexibility index (Phi) is 12.6. The van der Waals surface area contributed by atoms with Crippen LogP contribution in [0.1, 0.15) is 77.5 Å².